The third kappa shape index (κ3) is 5.14. The molecule has 10 heteroatoms. The van der Waals surface area contributed by atoms with Gasteiger partial charge in [-0.2, -0.15) is 4.72 Å². The number of carbonyl (C=O) groups excluding carboxylic acids is 2. The monoisotopic (exact) mass is 380 g/mol. The summed E-state index contributed by atoms with van der Waals surface area (Å²) in [6.07, 6.45) is 1.38. The molecule has 0 aliphatic heterocycles. The molecular formula is C16H20N4O5S. The first-order valence-electron chi connectivity index (χ1n) is 7.79. The number of nitrogens with one attached hydrogen (secondary N) is 3. The summed E-state index contributed by atoms with van der Waals surface area (Å²) in [6, 6.07) is 5.80. The summed E-state index contributed by atoms with van der Waals surface area (Å²) in [7, 11) is -3.90. The molecule has 0 spiro atoms. The van der Waals surface area contributed by atoms with Crippen molar-refractivity contribution in [1.29, 1.82) is 0 Å². The van der Waals surface area contributed by atoms with E-state index in [1.54, 1.807) is 13.0 Å². The fourth-order valence-electron chi connectivity index (χ4n) is 2.13. The molecule has 0 saturated heterocycles. The summed E-state index contributed by atoms with van der Waals surface area (Å²) >= 11 is 0. The van der Waals surface area contributed by atoms with Crippen molar-refractivity contribution in [2.75, 3.05) is 5.32 Å². The lowest BCUT2D eigenvalue weighted by molar-refractivity contribution is -0.123. The van der Waals surface area contributed by atoms with E-state index in [1.165, 1.54) is 44.4 Å². The molecule has 0 saturated carbocycles. The van der Waals surface area contributed by atoms with Gasteiger partial charge in [0.05, 0.1) is 17.0 Å². The number of sulfonamides is 1. The Labute approximate surface area is 151 Å². The van der Waals surface area contributed by atoms with Gasteiger partial charge in [0.2, 0.25) is 21.8 Å². The van der Waals surface area contributed by atoms with Crippen molar-refractivity contribution in [2.24, 2.45) is 0 Å². The van der Waals surface area contributed by atoms with Crippen LogP contribution in [0.4, 0.5) is 5.69 Å². The summed E-state index contributed by atoms with van der Waals surface area (Å²) in [5, 5.41) is 8.92. The van der Waals surface area contributed by atoms with E-state index >= 15 is 0 Å². The Bertz CT molecular complexity index is 863. The van der Waals surface area contributed by atoms with Crippen molar-refractivity contribution in [3.05, 3.63) is 42.3 Å². The van der Waals surface area contributed by atoms with E-state index in [4.69, 9.17) is 4.52 Å². The average Bonchev–Trinajstić information content (AvgIpc) is 3.08. The Kier molecular flexibility index (Phi) is 6.11. The van der Waals surface area contributed by atoms with Crippen molar-refractivity contribution in [2.45, 2.75) is 37.8 Å². The number of nitrogens with zero attached hydrogens (tertiary/aromatic N) is 1. The van der Waals surface area contributed by atoms with Gasteiger partial charge in [0.25, 0.3) is 0 Å². The van der Waals surface area contributed by atoms with Gasteiger partial charge in [-0.3, -0.25) is 9.59 Å². The Hall–Kier alpha value is -2.72. The average molecular weight is 380 g/mol. The second kappa shape index (κ2) is 8.11. The molecule has 1 aromatic heterocycles. The molecular weight excluding hydrogens is 360 g/mol. The third-order valence-corrected chi connectivity index (χ3v) is 5.03. The van der Waals surface area contributed by atoms with E-state index in [0.29, 0.717) is 11.4 Å². The predicted molar refractivity (Wildman–Crippen MR) is 93.6 cm³/mol. The van der Waals surface area contributed by atoms with Gasteiger partial charge in [0.15, 0.2) is 0 Å². The summed E-state index contributed by atoms with van der Waals surface area (Å²) in [5.41, 5.74) is 1.01. The second-order valence-electron chi connectivity index (χ2n) is 5.70. The summed E-state index contributed by atoms with van der Waals surface area (Å²) < 4.78 is 31.8. The largest absolute Gasteiger partial charge is 0.364 e. The van der Waals surface area contributed by atoms with Crippen molar-refractivity contribution in [1.82, 2.24) is 15.2 Å². The summed E-state index contributed by atoms with van der Waals surface area (Å²) in [5.74, 6) is -0.760. The van der Waals surface area contributed by atoms with E-state index in [-0.39, 0.29) is 10.8 Å². The maximum atomic E-state index is 12.4. The Balaban J connectivity index is 2.00. The van der Waals surface area contributed by atoms with E-state index in [9.17, 15) is 18.0 Å². The molecule has 0 radical (unpaired) electrons. The van der Waals surface area contributed by atoms with Crippen molar-refractivity contribution in [3.8, 4) is 0 Å². The highest BCUT2D eigenvalue weighted by Gasteiger charge is 2.23. The SMILES string of the molecule is CC(=O)Nc1ccc(S(=O)(=O)N[C@@H](C)C(=O)N[C@H](C)c2ccon2)cc1. The molecule has 140 valence electrons. The van der Waals surface area contributed by atoms with Gasteiger partial charge in [-0.05, 0) is 38.1 Å². The van der Waals surface area contributed by atoms with Crippen LogP contribution >= 0.6 is 0 Å². The highest BCUT2D eigenvalue weighted by molar-refractivity contribution is 7.89. The van der Waals surface area contributed by atoms with Gasteiger partial charge in [0.1, 0.15) is 12.0 Å². The normalized spacial score (nSPS) is 13.7. The van der Waals surface area contributed by atoms with Crippen LogP contribution in [-0.4, -0.2) is 31.4 Å². The first kappa shape index (κ1) is 19.6. The molecule has 0 aliphatic carbocycles. The number of hydrogen-bond acceptors (Lipinski definition) is 6. The van der Waals surface area contributed by atoms with Crippen LogP contribution in [0.5, 0.6) is 0 Å². The zero-order valence-corrected chi connectivity index (χ0v) is 15.3. The summed E-state index contributed by atoms with van der Waals surface area (Å²) in [6.45, 7) is 4.50. The number of benzene rings is 1. The molecule has 1 heterocycles. The highest BCUT2D eigenvalue weighted by Crippen LogP contribution is 2.15. The first-order valence-corrected chi connectivity index (χ1v) is 9.28. The van der Waals surface area contributed by atoms with Crippen LogP contribution in [0.1, 0.15) is 32.5 Å². The minimum atomic E-state index is -3.90. The third-order valence-electron chi connectivity index (χ3n) is 3.47. The maximum absolute atomic E-state index is 12.4. The zero-order chi connectivity index (χ0) is 19.3. The van der Waals surface area contributed by atoms with Crippen LogP contribution in [0.2, 0.25) is 0 Å². The smallest absolute Gasteiger partial charge is 0.241 e. The summed E-state index contributed by atoms with van der Waals surface area (Å²) in [4.78, 5) is 23.2. The molecule has 1 aromatic carbocycles. The zero-order valence-electron chi connectivity index (χ0n) is 14.5. The van der Waals surface area contributed by atoms with Crippen LogP contribution < -0.4 is 15.4 Å². The first-order chi connectivity index (χ1) is 12.2. The van der Waals surface area contributed by atoms with Gasteiger partial charge >= 0.3 is 0 Å². The Morgan fingerprint density at radius 3 is 2.31 bits per heavy atom. The van der Waals surface area contributed by atoms with E-state index in [2.05, 4.69) is 20.5 Å². The second-order valence-corrected chi connectivity index (χ2v) is 7.42. The lowest BCUT2D eigenvalue weighted by Gasteiger charge is -2.17. The Morgan fingerprint density at radius 2 is 1.77 bits per heavy atom. The maximum Gasteiger partial charge on any atom is 0.241 e. The van der Waals surface area contributed by atoms with Gasteiger partial charge in [-0.1, -0.05) is 5.16 Å². The molecule has 9 nitrogen and oxygen atoms in total. The van der Waals surface area contributed by atoms with Crippen LogP contribution in [0.25, 0.3) is 0 Å². The topological polar surface area (TPSA) is 130 Å². The van der Waals surface area contributed by atoms with Crippen LogP contribution in [0, 0.1) is 0 Å². The predicted octanol–water partition coefficient (Wildman–Crippen LogP) is 1.18. The molecule has 0 fully saturated rings. The molecule has 0 unspecified atom stereocenters. The fourth-order valence-corrected chi connectivity index (χ4v) is 3.34. The quantitative estimate of drug-likeness (QED) is 0.661. The van der Waals surface area contributed by atoms with Gasteiger partial charge < -0.3 is 15.2 Å². The number of rotatable bonds is 7. The van der Waals surface area contributed by atoms with Crippen molar-refractivity contribution >= 4 is 27.5 Å². The molecule has 2 rings (SSSR count). The van der Waals surface area contributed by atoms with Gasteiger partial charge in [-0.15, -0.1) is 0 Å². The minimum Gasteiger partial charge on any atom is -0.364 e. The molecule has 26 heavy (non-hydrogen) atoms. The van der Waals surface area contributed by atoms with Gasteiger partial charge in [0, 0.05) is 18.7 Å². The lowest BCUT2D eigenvalue weighted by atomic mass is 10.2. The highest BCUT2D eigenvalue weighted by atomic mass is 32.2. The van der Waals surface area contributed by atoms with Crippen molar-refractivity contribution in [3.63, 3.8) is 0 Å². The van der Waals surface area contributed by atoms with Gasteiger partial charge in [-0.25, -0.2) is 8.42 Å². The molecule has 2 aromatic rings. The lowest BCUT2D eigenvalue weighted by Crippen LogP contribution is -2.45. The molecule has 2 atom stereocenters. The number of anilines is 1. The Morgan fingerprint density at radius 1 is 1.12 bits per heavy atom. The van der Waals surface area contributed by atoms with E-state index < -0.39 is 28.0 Å². The van der Waals surface area contributed by atoms with Crippen LogP contribution in [0.15, 0.2) is 46.0 Å². The number of aromatic nitrogens is 1. The minimum absolute atomic E-state index is 0.0178. The molecule has 0 bridgehead atoms. The standard InChI is InChI=1S/C16H20N4O5S/c1-10(15-8-9-25-19-15)17-16(22)11(2)20-26(23,24)14-6-4-13(5-7-14)18-12(3)21/h4-11,20H,1-3H3,(H,17,22)(H,18,21)/t10-,11+/m1/s1. The number of hydrogen-bond donors (Lipinski definition) is 3. The van der Waals surface area contributed by atoms with Crippen LogP contribution in [-0.2, 0) is 19.6 Å². The molecule has 2 amide bonds. The fraction of sp³-hybridized carbons (Fsp3) is 0.312. The van der Waals surface area contributed by atoms with Crippen LogP contribution in [0.3, 0.4) is 0 Å². The number of carbonyl (C=O) groups is 2. The van der Waals surface area contributed by atoms with E-state index in [0.717, 1.165) is 0 Å². The molecule has 3 N–H and O–H groups in total. The molecule has 0 aliphatic rings. The van der Waals surface area contributed by atoms with E-state index in [1.807, 2.05) is 0 Å². The number of amides is 2. The van der Waals surface area contributed by atoms with Crippen molar-refractivity contribution < 1.29 is 22.5 Å².